The molecule has 7 nitrogen and oxygen atoms in total. The van der Waals surface area contributed by atoms with Crippen molar-refractivity contribution in [3.05, 3.63) is 81.5 Å². The van der Waals surface area contributed by atoms with Crippen molar-refractivity contribution in [3.8, 4) is 11.5 Å². The Balaban J connectivity index is 1.38. The van der Waals surface area contributed by atoms with E-state index in [1.165, 1.54) is 5.01 Å². The number of fused-ring (bicyclic) bond motifs is 1. The van der Waals surface area contributed by atoms with Crippen LogP contribution in [0.2, 0.25) is 0 Å². The number of ether oxygens (including phenoxy) is 2. The van der Waals surface area contributed by atoms with Crippen molar-refractivity contribution in [1.82, 2.24) is 10.3 Å². The summed E-state index contributed by atoms with van der Waals surface area (Å²) in [5.74, 6) is 0.978. The van der Waals surface area contributed by atoms with Crippen molar-refractivity contribution in [2.24, 2.45) is 5.10 Å². The molecule has 2 aliphatic heterocycles. The number of nitrogens with one attached hydrogen (secondary N) is 1. The molecule has 3 aromatic rings. The van der Waals surface area contributed by atoms with Crippen LogP contribution in [0.1, 0.15) is 38.8 Å². The number of rotatable bonds is 6. The van der Waals surface area contributed by atoms with E-state index in [-0.39, 0.29) is 24.5 Å². The van der Waals surface area contributed by atoms with E-state index in [1.54, 1.807) is 36.6 Å². The Hall–Kier alpha value is -3.65. The van der Waals surface area contributed by atoms with E-state index in [9.17, 15) is 9.59 Å². The van der Waals surface area contributed by atoms with Gasteiger partial charge < -0.3 is 14.8 Å². The van der Waals surface area contributed by atoms with Gasteiger partial charge in [-0.25, -0.2) is 5.01 Å². The summed E-state index contributed by atoms with van der Waals surface area (Å²) in [5.41, 5.74) is 3.30. The van der Waals surface area contributed by atoms with Crippen LogP contribution < -0.4 is 14.8 Å². The van der Waals surface area contributed by atoms with Crippen molar-refractivity contribution in [2.75, 3.05) is 20.3 Å². The highest BCUT2D eigenvalue weighted by Crippen LogP contribution is 2.35. The molecule has 0 saturated carbocycles. The third-order valence-electron chi connectivity index (χ3n) is 5.86. The molecule has 2 aliphatic rings. The lowest BCUT2D eigenvalue weighted by Crippen LogP contribution is -2.33. The van der Waals surface area contributed by atoms with Gasteiger partial charge in [0.05, 0.1) is 23.7 Å². The molecule has 168 valence electrons. The van der Waals surface area contributed by atoms with Crippen LogP contribution in [0.25, 0.3) is 0 Å². The number of hydrogen-bond acceptors (Lipinski definition) is 6. The predicted molar refractivity (Wildman–Crippen MR) is 126 cm³/mol. The molecule has 0 unspecified atom stereocenters. The lowest BCUT2D eigenvalue weighted by molar-refractivity contribution is -0.135. The van der Waals surface area contributed by atoms with Crippen molar-refractivity contribution >= 4 is 28.9 Å². The van der Waals surface area contributed by atoms with Crippen molar-refractivity contribution in [1.29, 1.82) is 0 Å². The van der Waals surface area contributed by atoms with E-state index in [4.69, 9.17) is 9.47 Å². The summed E-state index contributed by atoms with van der Waals surface area (Å²) >= 11 is 1.61. The second-order valence-electron chi connectivity index (χ2n) is 7.83. The van der Waals surface area contributed by atoms with Crippen molar-refractivity contribution < 1.29 is 19.1 Å². The summed E-state index contributed by atoms with van der Waals surface area (Å²) in [6.45, 7) is 0.395. The molecule has 33 heavy (non-hydrogen) atoms. The number of benzene rings is 2. The maximum absolute atomic E-state index is 13.3. The highest BCUT2D eigenvalue weighted by molar-refractivity contribution is 7.12. The van der Waals surface area contributed by atoms with E-state index in [0.29, 0.717) is 30.7 Å². The van der Waals surface area contributed by atoms with E-state index >= 15 is 0 Å². The van der Waals surface area contributed by atoms with Gasteiger partial charge in [0.25, 0.3) is 11.8 Å². The van der Waals surface area contributed by atoms with Crippen LogP contribution in [0.4, 0.5) is 0 Å². The largest absolute Gasteiger partial charge is 0.497 e. The monoisotopic (exact) mass is 461 g/mol. The van der Waals surface area contributed by atoms with Gasteiger partial charge in [0, 0.05) is 24.1 Å². The van der Waals surface area contributed by atoms with Crippen LogP contribution in [0.3, 0.4) is 0 Å². The normalized spacial score (nSPS) is 17.2. The predicted octanol–water partition coefficient (Wildman–Crippen LogP) is 3.80. The topological polar surface area (TPSA) is 80.2 Å². The van der Waals surface area contributed by atoms with Gasteiger partial charge in [0.1, 0.15) is 11.5 Å². The number of carbonyl (C=O) groups excluding carboxylic acids is 2. The summed E-state index contributed by atoms with van der Waals surface area (Å²) in [6.07, 6.45) is 1.30. The first-order chi connectivity index (χ1) is 16.1. The summed E-state index contributed by atoms with van der Waals surface area (Å²) < 4.78 is 11.2. The van der Waals surface area contributed by atoms with Gasteiger partial charge in [-0.2, -0.15) is 5.10 Å². The second kappa shape index (κ2) is 9.07. The van der Waals surface area contributed by atoms with E-state index in [0.717, 1.165) is 27.5 Å². The van der Waals surface area contributed by atoms with Crippen LogP contribution in [0, 0.1) is 0 Å². The van der Waals surface area contributed by atoms with Crippen molar-refractivity contribution in [2.45, 2.75) is 18.9 Å². The maximum atomic E-state index is 13.3. The standard InChI is InChI=1S/C25H23N3O4S/c1-31-17-9-7-16(8-10-17)21-14-20(23-6-3-13-33-23)27-28(21)24(29)15-32-22-5-2-4-19-18(22)11-12-26-25(19)30/h2-10,13,21H,11-12,14-15H2,1H3,(H,26,30)/t21-/m1/s1. The number of amides is 2. The molecule has 2 aromatic carbocycles. The van der Waals surface area contributed by atoms with Gasteiger partial charge in [-0.1, -0.05) is 24.3 Å². The highest BCUT2D eigenvalue weighted by Gasteiger charge is 2.34. The van der Waals surface area contributed by atoms with Gasteiger partial charge >= 0.3 is 0 Å². The molecule has 1 aromatic heterocycles. The van der Waals surface area contributed by atoms with Gasteiger partial charge in [-0.15, -0.1) is 11.3 Å². The molecule has 2 amide bonds. The Bertz CT molecular complexity index is 1200. The number of hydrazone groups is 1. The van der Waals surface area contributed by atoms with Crippen LogP contribution in [-0.4, -0.2) is 42.8 Å². The highest BCUT2D eigenvalue weighted by atomic mass is 32.1. The fourth-order valence-corrected chi connectivity index (χ4v) is 4.91. The smallest absolute Gasteiger partial charge is 0.281 e. The molecular weight excluding hydrogens is 438 g/mol. The average molecular weight is 462 g/mol. The third-order valence-corrected chi connectivity index (χ3v) is 6.78. The molecule has 1 atom stereocenters. The molecule has 0 fully saturated rings. The second-order valence-corrected chi connectivity index (χ2v) is 8.78. The molecular formula is C25H23N3O4S. The fourth-order valence-electron chi connectivity index (χ4n) is 4.19. The molecule has 5 rings (SSSR count). The molecule has 0 radical (unpaired) electrons. The lowest BCUT2D eigenvalue weighted by atomic mass is 9.99. The van der Waals surface area contributed by atoms with Crippen LogP contribution >= 0.6 is 11.3 Å². The fraction of sp³-hybridized carbons (Fsp3) is 0.240. The molecule has 0 aliphatic carbocycles. The van der Waals surface area contributed by atoms with E-state index in [1.807, 2.05) is 41.8 Å². The Labute approximate surface area is 195 Å². The van der Waals surface area contributed by atoms with Gasteiger partial charge in [-0.3, -0.25) is 9.59 Å². The van der Waals surface area contributed by atoms with Gasteiger partial charge in [0.2, 0.25) is 0 Å². The summed E-state index contributed by atoms with van der Waals surface area (Å²) in [4.78, 5) is 26.4. The third kappa shape index (κ3) is 4.21. The molecule has 3 heterocycles. The quantitative estimate of drug-likeness (QED) is 0.606. The minimum absolute atomic E-state index is 0.114. The molecule has 0 spiro atoms. The summed E-state index contributed by atoms with van der Waals surface area (Å²) in [7, 11) is 1.63. The Morgan fingerprint density at radius 1 is 1.18 bits per heavy atom. The maximum Gasteiger partial charge on any atom is 0.281 e. The Morgan fingerprint density at radius 2 is 2.03 bits per heavy atom. The average Bonchev–Trinajstić information content (AvgIpc) is 3.53. The van der Waals surface area contributed by atoms with Crippen LogP contribution in [0.15, 0.2) is 65.1 Å². The van der Waals surface area contributed by atoms with E-state index < -0.39 is 0 Å². The Kier molecular flexibility index (Phi) is 5.83. The molecule has 1 N–H and O–H groups in total. The minimum atomic E-state index is -0.236. The summed E-state index contributed by atoms with van der Waals surface area (Å²) in [5, 5.41) is 11.0. The number of hydrogen-bond donors (Lipinski definition) is 1. The van der Waals surface area contributed by atoms with Crippen molar-refractivity contribution in [3.63, 3.8) is 0 Å². The number of nitrogens with zero attached hydrogens (tertiary/aromatic N) is 2. The van der Waals surface area contributed by atoms with Crippen LogP contribution in [0.5, 0.6) is 11.5 Å². The SMILES string of the molecule is COc1ccc([C@H]2CC(c3cccs3)=NN2C(=O)COc2cccc3c2CCNC3=O)cc1. The zero-order chi connectivity index (χ0) is 22.8. The first kappa shape index (κ1) is 21.2. The summed E-state index contributed by atoms with van der Waals surface area (Å²) in [6, 6.07) is 16.8. The van der Waals surface area contributed by atoms with Gasteiger partial charge in [0.15, 0.2) is 6.61 Å². The zero-order valence-corrected chi connectivity index (χ0v) is 18.9. The Morgan fingerprint density at radius 3 is 2.79 bits per heavy atom. The van der Waals surface area contributed by atoms with Crippen LogP contribution in [-0.2, 0) is 11.2 Å². The van der Waals surface area contributed by atoms with E-state index in [2.05, 4.69) is 10.4 Å². The zero-order valence-electron chi connectivity index (χ0n) is 18.1. The molecule has 0 bridgehead atoms. The first-order valence-corrected chi connectivity index (χ1v) is 11.6. The molecule has 0 saturated heterocycles. The number of thiophene rings is 1. The minimum Gasteiger partial charge on any atom is -0.497 e. The lowest BCUT2D eigenvalue weighted by Gasteiger charge is -2.23. The first-order valence-electron chi connectivity index (χ1n) is 10.7. The number of carbonyl (C=O) groups is 2. The van der Waals surface area contributed by atoms with Gasteiger partial charge in [-0.05, 0) is 47.7 Å². The molecule has 8 heteroatoms. The number of methoxy groups -OCH3 is 1.